The zero-order valence-electron chi connectivity index (χ0n) is 12.2. The number of hydrogen-bond donors (Lipinski definition) is 1. The first-order chi connectivity index (χ1) is 9.61. The highest BCUT2D eigenvalue weighted by atomic mass is 19.1. The fraction of sp³-hybridized carbons (Fsp3) is 0.625. The Bertz CT molecular complexity index is 416. The lowest BCUT2D eigenvalue weighted by molar-refractivity contribution is -0.00483. The Balaban J connectivity index is 1.98. The Hall–Kier alpha value is -1.00. The number of ether oxygens (including phenoxy) is 1. The third-order valence-corrected chi connectivity index (χ3v) is 3.90. The number of hydrogen-bond acceptors (Lipinski definition) is 2. The van der Waals surface area contributed by atoms with Crippen LogP contribution in [-0.4, -0.2) is 18.8 Å². The van der Waals surface area contributed by atoms with Crippen molar-refractivity contribution in [3.05, 3.63) is 35.4 Å². The summed E-state index contributed by atoms with van der Waals surface area (Å²) >= 11 is 0. The molecule has 1 aliphatic rings. The molecule has 3 atom stereocenters. The molecule has 0 spiro atoms. The minimum Gasteiger partial charge on any atom is -0.378 e. The van der Waals surface area contributed by atoms with Crippen LogP contribution in [-0.2, 0) is 4.74 Å². The molecule has 1 aromatic rings. The molecule has 20 heavy (non-hydrogen) atoms. The van der Waals surface area contributed by atoms with Gasteiger partial charge in [0.25, 0.3) is 0 Å². The topological polar surface area (TPSA) is 21.3 Å². The largest absolute Gasteiger partial charge is 0.378 e. The highest BCUT2D eigenvalue weighted by Crippen LogP contribution is 2.24. The highest BCUT2D eigenvalue weighted by molar-refractivity contribution is 5.22. The van der Waals surface area contributed by atoms with Crippen molar-refractivity contribution in [1.29, 1.82) is 0 Å². The van der Waals surface area contributed by atoms with E-state index in [2.05, 4.69) is 12.2 Å². The van der Waals surface area contributed by atoms with Gasteiger partial charge in [0.15, 0.2) is 0 Å². The van der Waals surface area contributed by atoms with Gasteiger partial charge in [-0.1, -0.05) is 19.4 Å². The Morgan fingerprint density at radius 1 is 1.35 bits per heavy atom. The maximum Gasteiger partial charge on any atom is 0.130 e. The van der Waals surface area contributed by atoms with Crippen molar-refractivity contribution in [2.75, 3.05) is 6.61 Å². The molecule has 2 rings (SSSR count). The van der Waals surface area contributed by atoms with Crippen molar-refractivity contribution < 1.29 is 13.5 Å². The molecule has 1 aromatic carbocycles. The number of rotatable bonds is 5. The molecule has 1 heterocycles. The molecule has 3 unspecified atom stereocenters. The molecule has 0 aliphatic carbocycles. The Labute approximate surface area is 119 Å². The van der Waals surface area contributed by atoms with Crippen LogP contribution >= 0.6 is 0 Å². The molecule has 0 amide bonds. The van der Waals surface area contributed by atoms with E-state index < -0.39 is 11.6 Å². The summed E-state index contributed by atoms with van der Waals surface area (Å²) in [5.41, 5.74) is 0.131. The van der Waals surface area contributed by atoms with E-state index in [1.807, 2.05) is 6.92 Å². The fourth-order valence-electron chi connectivity index (χ4n) is 2.92. The van der Waals surface area contributed by atoms with Gasteiger partial charge in [-0.2, -0.15) is 0 Å². The van der Waals surface area contributed by atoms with Gasteiger partial charge in [-0.25, -0.2) is 8.78 Å². The van der Waals surface area contributed by atoms with Crippen molar-refractivity contribution in [3.63, 3.8) is 0 Å². The summed E-state index contributed by atoms with van der Waals surface area (Å²) < 4.78 is 33.2. The molecule has 0 aromatic heterocycles. The van der Waals surface area contributed by atoms with E-state index >= 15 is 0 Å². The van der Waals surface area contributed by atoms with Crippen LogP contribution in [0.25, 0.3) is 0 Å². The summed E-state index contributed by atoms with van der Waals surface area (Å²) in [6, 6.07) is 3.93. The quantitative estimate of drug-likeness (QED) is 0.883. The Morgan fingerprint density at radius 2 is 2.05 bits per heavy atom. The number of nitrogens with one attached hydrogen (secondary N) is 1. The van der Waals surface area contributed by atoms with E-state index in [1.54, 1.807) is 0 Å². The molecule has 0 bridgehead atoms. The van der Waals surface area contributed by atoms with Crippen LogP contribution in [0, 0.1) is 11.6 Å². The standard InChI is InChI=1S/C16H23F2NO/c1-3-5-13-10-12(8-9-20-13)19-11(2)16-14(17)6-4-7-15(16)18/h4,6-7,11-13,19H,3,5,8-10H2,1-2H3. The predicted octanol–water partition coefficient (Wildman–Crippen LogP) is 3.96. The summed E-state index contributed by atoms with van der Waals surface area (Å²) in [5.74, 6) is -0.968. The van der Waals surface area contributed by atoms with Gasteiger partial charge in [-0.15, -0.1) is 0 Å². The normalized spacial score (nSPS) is 24.6. The molecule has 1 fully saturated rings. The maximum atomic E-state index is 13.7. The second-order valence-corrected chi connectivity index (χ2v) is 5.53. The number of benzene rings is 1. The van der Waals surface area contributed by atoms with Gasteiger partial charge in [0.1, 0.15) is 11.6 Å². The zero-order chi connectivity index (χ0) is 14.5. The third-order valence-electron chi connectivity index (χ3n) is 3.90. The maximum absolute atomic E-state index is 13.7. The van der Waals surface area contributed by atoms with Crippen LogP contribution in [0.15, 0.2) is 18.2 Å². The highest BCUT2D eigenvalue weighted by Gasteiger charge is 2.25. The van der Waals surface area contributed by atoms with E-state index in [-0.39, 0.29) is 23.8 Å². The fourth-order valence-corrected chi connectivity index (χ4v) is 2.92. The second-order valence-electron chi connectivity index (χ2n) is 5.53. The van der Waals surface area contributed by atoms with E-state index in [1.165, 1.54) is 18.2 Å². The lowest BCUT2D eigenvalue weighted by Crippen LogP contribution is -2.40. The third kappa shape index (κ3) is 3.76. The van der Waals surface area contributed by atoms with E-state index in [9.17, 15) is 8.78 Å². The van der Waals surface area contributed by atoms with E-state index in [4.69, 9.17) is 4.74 Å². The molecular weight excluding hydrogens is 260 g/mol. The van der Waals surface area contributed by atoms with Crippen LogP contribution in [0.5, 0.6) is 0 Å². The van der Waals surface area contributed by atoms with Gasteiger partial charge in [-0.3, -0.25) is 0 Å². The average Bonchev–Trinajstić information content (AvgIpc) is 2.39. The molecule has 4 heteroatoms. The monoisotopic (exact) mass is 283 g/mol. The smallest absolute Gasteiger partial charge is 0.130 e. The first-order valence-electron chi connectivity index (χ1n) is 7.43. The van der Waals surface area contributed by atoms with Gasteiger partial charge >= 0.3 is 0 Å². The molecule has 2 nitrogen and oxygen atoms in total. The summed E-state index contributed by atoms with van der Waals surface area (Å²) in [6.45, 7) is 4.67. The number of halogens is 2. The lowest BCUT2D eigenvalue weighted by Gasteiger charge is -2.32. The van der Waals surface area contributed by atoms with Crippen molar-refractivity contribution in [3.8, 4) is 0 Å². The van der Waals surface area contributed by atoms with Gasteiger partial charge in [0.05, 0.1) is 6.10 Å². The summed E-state index contributed by atoms with van der Waals surface area (Å²) in [4.78, 5) is 0. The van der Waals surface area contributed by atoms with Crippen LogP contribution in [0.2, 0.25) is 0 Å². The molecular formula is C16H23F2NO. The first kappa shape index (κ1) is 15.4. The lowest BCUT2D eigenvalue weighted by atomic mass is 9.98. The van der Waals surface area contributed by atoms with Gasteiger partial charge < -0.3 is 10.1 Å². The summed E-state index contributed by atoms with van der Waals surface area (Å²) in [6.07, 6.45) is 4.20. The van der Waals surface area contributed by atoms with Gasteiger partial charge in [0.2, 0.25) is 0 Å². The predicted molar refractivity (Wildman–Crippen MR) is 75.6 cm³/mol. The van der Waals surface area contributed by atoms with Crippen LogP contribution < -0.4 is 5.32 Å². The second kappa shape index (κ2) is 7.14. The van der Waals surface area contributed by atoms with Crippen LogP contribution in [0.1, 0.15) is 51.1 Å². The van der Waals surface area contributed by atoms with Crippen LogP contribution in [0.4, 0.5) is 8.78 Å². The SMILES string of the molecule is CCCC1CC(NC(C)c2c(F)cccc2F)CCO1. The summed E-state index contributed by atoms with van der Waals surface area (Å²) in [7, 11) is 0. The zero-order valence-corrected chi connectivity index (χ0v) is 12.2. The molecule has 1 aliphatic heterocycles. The van der Waals surface area contributed by atoms with Crippen molar-refractivity contribution in [1.82, 2.24) is 5.32 Å². The van der Waals surface area contributed by atoms with Crippen LogP contribution in [0.3, 0.4) is 0 Å². The average molecular weight is 283 g/mol. The van der Waals surface area contributed by atoms with Gasteiger partial charge in [0, 0.05) is 24.3 Å². The molecule has 1 saturated heterocycles. The van der Waals surface area contributed by atoms with Crippen molar-refractivity contribution in [2.45, 2.75) is 57.7 Å². The molecule has 112 valence electrons. The molecule has 0 saturated carbocycles. The minimum atomic E-state index is -0.484. The Morgan fingerprint density at radius 3 is 2.70 bits per heavy atom. The minimum absolute atomic E-state index is 0.131. The first-order valence-corrected chi connectivity index (χ1v) is 7.43. The van der Waals surface area contributed by atoms with Gasteiger partial charge in [-0.05, 0) is 38.3 Å². The Kier molecular flexibility index (Phi) is 5.49. The molecule has 1 N–H and O–H groups in total. The van der Waals surface area contributed by atoms with Crippen molar-refractivity contribution in [2.24, 2.45) is 0 Å². The molecule has 0 radical (unpaired) electrons. The summed E-state index contributed by atoms with van der Waals surface area (Å²) in [5, 5.41) is 3.35. The van der Waals surface area contributed by atoms with Crippen molar-refractivity contribution >= 4 is 0 Å². The van der Waals surface area contributed by atoms with E-state index in [0.717, 1.165) is 32.3 Å². The van der Waals surface area contributed by atoms with E-state index in [0.29, 0.717) is 0 Å².